The number of alkyl halides is 2. The summed E-state index contributed by atoms with van der Waals surface area (Å²) < 4.78 is 96.6. The van der Waals surface area contributed by atoms with E-state index in [0.717, 1.165) is 76.8 Å². The molecule has 2 aromatic carbocycles. The highest BCUT2D eigenvalue weighted by atomic mass is 35.5. The molecular formula is C45H80Cl2O16S6. The Morgan fingerprint density at radius 3 is 1.06 bits per heavy atom. The van der Waals surface area contributed by atoms with Gasteiger partial charge in [0.1, 0.15) is 0 Å². The van der Waals surface area contributed by atoms with Gasteiger partial charge in [-0.3, -0.25) is 4.18 Å². The number of aryl methyl sites for hydroxylation is 2. The molecule has 0 heterocycles. The fraction of sp³-hybridized carbons (Fsp3) is 0.733. The Balaban J connectivity index is 0. The molecule has 0 unspecified atom stereocenters. The van der Waals surface area contributed by atoms with Crippen molar-refractivity contribution in [3.05, 3.63) is 59.7 Å². The Kier molecular flexibility index (Phi) is 54.2. The summed E-state index contributed by atoms with van der Waals surface area (Å²) in [5, 5.41) is 17.2. The first-order valence-electron chi connectivity index (χ1n) is 22.6. The molecule has 24 heteroatoms. The third-order valence-corrected chi connectivity index (χ3v) is 15.4. The summed E-state index contributed by atoms with van der Waals surface area (Å²) >= 11 is 17.1. The number of ether oxygens (including phenoxy) is 8. The minimum atomic E-state index is -3.76. The zero-order chi connectivity index (χ0) is 50.1. The van der Waals surface area contributed by atoms with Gasteiger partial charge in [0.25, 0.3) is 10.1 Å². The van der Waals surface area contributed by atoms with Crippen LogP contribution < -0.4 is 0 Å². The molecule has 0 aliphatic carbocycles. The monoisotopic (exact) mass is 1140 g/mol. The van der Waals surface area contributed by atoms with Crippen LogP contribution in [0.25, 0.3) is 0 Å². The highest BCUT2D eigenvalue weighted by Gasteiger charge is 2.15. The third-order valence-electron chi connectivity index (χ3n) is 8.25. The zero-order valence-electron chi connectivity index (χ0n) is 40.4. The summed E-state index contributed by atoms with van der Waals surface area (Å²) in [5.41, 5.74) is 2.01. The number of benzene rings is 2. The molecule has 0 bridgehead atoms. The van der Waals surface area contributed by atoms with Crippen LogP contribution in [-0.4, -0.2) is 215 Å². The Morgan fingerprint density at radius 1 is 0.420 bits per heavy atom. The molecule has 0 aliphatic rings. The second-order valence-corrected chi connectivity index (χ2v) is 23.3. The average molecular weight is 1140 g/mol. The topological polar surface area (TPSA) is 223 Å². The lowest BCUT2D eigenvalue weighted by Crippen LogP contribution is -2.15. The number of sulfone groups is 1. The summed E-state index contributed by atoms with van der Waals surface area (Å²) in [6, 6.07) is 13.4. The molecule has 16 nitrogen and oxygen atoms in total. The Labute approximate surface area is 440 Å². The Bertz CT molecular complexity index is 1470. The zero-order valence-corrected chi connectivity index (χ0v) is 46.9. The second kappa shape index (κ2) is 52.7. The first kappa shape index (κ1) is 70.9. The van der Waals surface area contributed by atoms with Crippen molar-refractivity contribution >= 4 is 90.2 Å². The first-order valence-corrected chi connectivity index (χ1v) is 31.3. The van der Waals surface area contributed by atoms with Crippen LogP contribution in [0.15, 0.2) is 58.3 Å². The van der Waals surface area contributed by atoms with E-state index in [1.54, 1.807) is 36.4 Å². The number of aliphatic hydroxyl groups excluding tert-OH is 2. The number of rotatable bonds is 45. The van der Waals surface area contributed by atoms with Crippen LogP contribution in [0.3, 0.4) is 0 Å². The Hall–Kier alpha value is -0.160. The fourth-order valence-corrected chi connectivity index (χ4v) is 10.4. The molecule has 0 aromatic heterocycles. The molecule has 0 amide bonds. The molecule has 0 saturated heterocycles. The molecule has 2 rings (SSSR count). The maximum atomic E-state index is 12.3. The molecule has 69 heavy (non-hydrogen) atoms. The number of hydrogen-bond donors (Lipinski definition) is 2. The molecule has 2 aromatic rings. The minimum absolute atomic E-state index is 0. The lowest BCUT2D eigenvalue weighted by atomic mass is 10.2. The van der Waals surface area contributed by atoms with Crippen LogP contribution in [-0.2, 0) is 62.0 Å². The Morgan fingerprint density at radius 2 is 0.710 bits per heavy atom. The lowest BCUT2D eigenvalue weighted by molar-refractivity contribution is 0.0377. The summed E-state index contributed by atoms with van der Waals surface area (Å²) in [6.07, 6.45) is 2.32. The van der Waals surface area contributed by atoms with E-state index < -0.39 is 20.0 Å². The van der Waals surface area contributed by atoms with Crippen molar-refractivity contribution in [1.82, 2.24) is 0 Å². The van der Waals surface area contributed by atoms with Crippen molar-refractivity contribution in [2.75, 3.05) is 183 Å². The largest absolute Gasteiger partial charge is 0.412 e. The van der Waals surface area contributed by atoms with Crippen molar-refractivity contribution in [2.24, 2.45) is 0 Å². The van der Waals surface area contributed by atoms with Gasteiger partial charge in [0.05, 0.1) is 146 Å². The van der Waals surface area contributed by atoms with E-state index in [2.05, 4.69) is 0 Å². The molecule has 4 N–H and O–H groups in total. The predicted octanol–water partition coefficient (Wildman–Crippen LogP) is 5.90. The highest BCUT2D eigenvalue weighted by molar-refractivity contribution is 8.00. The van der Waals surface area contributed by atoms with Crippen LogP contribution in [0, 0.1) is 13.8 Å². The van der Waals surface area contributed by atoms with Crippen molar-refractivity contribution in [3.63, 3.8) is 0 Å². The van der Waals surface area contributed by atoms with Gasteiger partial charge in [-0.15, -0.1) is 23.2 Å². The van der Waals surface area contributed by atoms with E-state index in [0.29, 0.717) is 84.2 Å². The quantitative estimate of drug-likeness (QED) is 0.0448. The maximum absolute atomic E-state index is 12.3. The van der Waals surface area contributed by atoms with Gasteiger partial charge in [-0.2, -0.15) is 55.5 Å². The van der Waals surface area contributed by atoms with Gasteiger partial charge in [-0.1, -0.05) is 35.4 Å². The van der Waals surface area contributed by atoms with E-state index in [-0.39, 0.29) is 54.5 Å². The molecule has 406 valence electrons. The molecule has 0 saturated carbocycles. The number of hydrogen-bond acceptors (Lipinski definition) is 19. The SMILES string of the molecule is Cc1ccc(S(=O)(=O)CCOCCOCCSCCCSCCOCCOCCOS(=O)(=O)c2ccc(C)cc2)cc1.ClCCl.O.OCCOCCOCCSCCCSCCOCCOCCO. The summed E-state index contributed by atoms with van der Waals surface area (Å²) in [5.74, 6) is 8.28. The molecule has 0 radical (unpaired) electrons. The third kappa shape index (κ3) is 47.3. The minimum Gasteiger partial charge on any atom is -0.412 e. The van der Waals surface area contributed by atoms with E-state index in [4.69, 9.17) is 75.5 Å². The van der Waals surface area contributed by atoms with Gasteiger partial charge in [0.2, 0.25) is 0 Å². The van der Waals surface area contributed by atoms with Gasteiger partial charge in [0, 0.05) is 23.0 Å². The van der Waals surface area contributed by atoms with Crippen molar-refractivity contribution < 1.29 is 74.6 Å². The van der Waals surface area contributed by atoms with Crippen molar-refractivity contribution in [2.45, 2.75) is 36.5 Å². The molecular weight excluding hydrogens is 1060 g/mol. The molecule has 0 fully saturated rings. The molecule has 0 spiro atoms. The van der Waals surface area contributed by atoms with Gasteiger partial charge in [-0.05, 0) is 74.0 Å². The second-order valence-electron chi connectivity index (χ2n) is 13.8. The van der Waals surface area contributed by atoms with Gasteiger partial charge < -0.3 is 53.6 Å². The summed E-state index contributed by atoms with van der Waals surface area (Å²) in [7, 11) is -7.07. The van der Waals surface area contributed by atoms with E-state index in [9.17, 15) is 16.8 Å². The van der Waals surface area contributed by atoms with Crippen LogP contribution in [0.1, 0.15) is 24.0 Å². The van der Waals surface area contributed by atoms with Crippen LogP contribution in [0.4, 0.5) is 0 Å². The van der Waals surface area contributed by atoms with Gasteiger partial charge in [-0.25, -0.2) is 8.42 Å². The first-order chi connectivity index (χ1) is 33.0. The van der Waals surface area contributed by atoms with Crippen LogP contribution in [0.2, 0.25) is 0 Å². The number of aliphatic hydroxyl groups is 2. The number of thioether (sulfide) groups is 4. The van der Waals surface area contributed by atoms with E-state index >= 15 is 0 Å². The van der Waals surface area contributed by atoms with E-state index in [1.165, 1.54) is 18.6 Å². The molecule has 0 atom stereocenters. The lowest BCUT2D eigenvalue weighted by Gasteiger charge is -2.08. The fourth-order valence-electron chi connectivity index (χ4n) is 4.83. The van der Waals surface area contributed by atoms with Crippen LogP contribution >= 0.6 is 70.2 Å². The predicted molar refractivity (Wildman–Crippen MR) is 287 cm³/mol. The normalized spacial score (nSPS) is 11.4. The smallest absolute Gasteiger partial charge is 0.297 e. The molecule has 0 aliphatic heterocycles. The average Bonchev–Trinajstić information content (AvgIpc) is 3.32. The summed E-state index contributed by atoms with van der Waals surface area (Å²) in [4.78, 5) is 0.469. The maximum Gasteiger partial charge on any atom is 0.297 e. The van der Waals surface area contributed by atoms with Gasteiger partial charge in [0.15, 0.2) is 9.84 Å². The van der Waals surface area contributed by atoms with Crippen molar-refractivity contribution in [1.29, 1.82) is 0 Å². The number of halogens is 2. The van der Waals surface area contributed by atoms with Gasteiger partial charge >= 0.3 is 0 Å². The van der Waals surface area contributed by atoms with Crippen LogP contribution in [0.5, 0.6) is 0 Å². The van der Waals surface area contributed by atoms with E-state index in [1.807, 2.05) is 60.9 Å². The van der Waals surface area contributed by atoms with Crippen molar-refractivity contribution in [3.8, 4) is 0 Å². The highest BCUT2D eigenvalue weighted by Crippen LogP contribution is 2.14. The standard InChI is InChI=1S/C29H44O9S4.C15H32O6S2.CH2Cl2.H2O/c1-26-4-8-28(9-5-26)41(30,31)25-20-37-15-14-36-19-24-40-22-3-21-39-23-18-35-13-12-34-16-17-38-42(32,33)29-10-6-27(2)7-11-29;16-2-4-18-6-8-20-10-14-22-12-1-13-23-15-11-21-9-7-19-5-3-17;2-1-3;/h4-11H,3,12-25H2,1-2H3;16-17H,1-15H2;1H2;1H2. The summed E-state index contributed by atoms with van der Waals surface area (Å²) in [6.45, 7) is 11.8.